The number of hydrogen-bond donors (Lipinski definition) is 1. The van der Waals surface area contributed by atoms with Crippen molar-refractivity contribution < 1.29 is 18.7 Å². The lowest BCUT2D eigenvalue weighted by Crippen LogP contribution is -2.42. The lowest BCUT2D eigenvalue weighted by atomic mass is 10.3. The molecule has 148 valence electrons. The molecule has 0 aliphatic heterocycles. The van der Waals surface area contributed by atoms with Crippen molar-refractivity contribution in [2.75, 3.05) is 61.1 Å². The summed E-state index contributed by atoms with van der Waals surface area (Å²) in [5, 5.41) is 3.15. The maximum absolute atomic E-state index is 12.9. The average molecular weight is 482 g/mol. The molecule has 1 amide bonds. The van der Waals surface area contributed by atoms with Crippen molar-refractivity contribution >= 4 is 35.8 Å². The number of rotatable bonds is 9. The van der Waals surface area contributed by atoms with E-state index < -0.39 is 0 Å². The number of ether oxygens (including phenoxy) is 2. The van der Waals surface area contributed by atoms with Crippen LogP contribution in [0.4, 0.5) is 4.39 Å². The fourth-order valence-corrected chi connectivity index (χ4v) is 1.80. The summed E-state index contributed by atoms with van der Waals surface area (Å²) < 4.78 is 23.5. The molecule has 0 aliphatic rings. The number of hydrogen-bond acceptors (Lipinski definition) is 4. The van der Waals surface area contributed by atoms with Crippen LogP contribution in [0.3, 0.4) is 0 Å². The first-order chi connectivity index (χ1) is 11.9. The van der Waals surface area contributed by atoms with Gasteiger partial charge in [-0.3, -0.25) is 4.79 Å². The molecule has 0 saturated heterocycles. The number of amides is 1. The van der Waals surface area contributed by atoms with Crippen LogP contribution in [-0.4, -0.2) is 82.8 Å². The summed E-state index contributed by atoms with van der Waals surface area (Å²) in [5.74, 6) is 0.812. The number of halogens is 2. The predicted octanol–water partition coefficient (Wildman–Crippen LogP) is 1.43. The van der Waals surface area contributed by atoms with Crippen LogP contribution in [0, 0.1) is 5.82 Å². The molecule has 0 spiro atoms. The number of aliphatic imine (C=N–C) groups is 1. The Hall–Kier alpha value is -1.62. The minimum atomic E-state index is -0.299. The number of guanidine groups is 1. The largest absolute Gasteiger partial charge is 0.492 e. The van der Waals surface area contributed by atoms with Gasteiger partial charge in [0.2, 0.25) is 5.91 Å². The Morgan fingerprint density at radius 2 is 1.85 bits per heavy atom. The van der Waals surface area contributed by atoms with E-state index in [0.29, 0.717) is 38.0 Å². The van der Waals surface area contributed by atoms with Crippen LogP contribution in [0.25, 0.3) is 0 Å². The van der Waals surface area contributed by atoms with E-state index in [1.54, 1.807) is 33.3 Å². The second-order valence-corrected chi connectivity index (χ2v) is 5.57. The van der Waals surface area contributed by atoms with Crippen molar-refractivity contribution in [1.82, 2.24) is 15.1 Å². The van der Waals surface area contributed by atoms with Gasteiger partial charge >= 0.3 is 0 Å². The van der Waals surface area contributed by atoms with Crippen molar-refractivity contribution in [3.63, 3.8) is 0 Å². The zero-order chi connectivity index (χ0) is 18.7. The fourth-order valence-electron chi connectivity index (χ4n) is 1.80. The van der Waals surface area contributed by atoms with Gasteiger partial charge in [0, 0.05) is 34.8 Å². The fraction of sp³-hybridized carbons (Fsp3) is 0.529. The van der Waals surface area contributed by atoms with E-state index in [9.17, 15) is 9.18 Å². The predicted molar refractivity (Wildman–Crippen MR) is 111 cm³/mol. The quantitative estimate of drug-likeness (QED) is 0.250. The normalized spacial score (nSPS) is 10.7. The summed E-state index contributed by atoms with van der Waals surface area (Å²) in [6.07, 6.45) is 0. The number of carbonyl (C=O) groups excluding carboxylic acids is 1. The van der Waals surface area contributed by atoms with Crippen LogP contribution in [0.1, 0.15) is 0 Å². The first kappa shape index (κ1) is 24.4. The number of nitrogens with one attached hydrogen (secondary N) is 1. The maximum atomic E-state index is 12.9. The second-order valence-electron chi connectivity index (χ2n) is 5.57. The Labute approximate surface area is 171 Å². The Kier molecular flexibility index (Phi) is 12.7. The van der Waals surface area contributed by atoms with Gasteiger partial charge < -0.3 is 24.6 Å². The van der Waals surface area contributed by atoms with E-state index in [2.05, 4.69) is 10.3 Å². The third-order valence-corrected chi connectivity index (χ3v) is 3.32. The standard InChI is InChI=1S/C17H27FN4O3.HI/c1-21(2)16(23)13-20-17(19-9-11-24-4)22(3)10-12-25-15-7-5-14(18)6-8-15;/h5-8H,9-13H2,1-4H3,(H,19,20);1H. The molecule has 1 aromatic rings. The van der Waals surface area contributed by atoms with Crippen LogP contribution in [-0.2, 0) is 9.53 Å². The molecule has 0 heterocycles. The Morgan fingerprint density at radius 3 is 2.42 bits per heavy atom. The summed E-state index contributed by atoms with van der Waals surface area (Å²) in [5.41, 5.74) is 0. The molecule has 1 N–H and O–H groups in total. The first-order valence-electron chi connectivity index (χ1n) is 8.01. The number of likely N-dealkylation sites (N-methyl/N-ethyl adjacent to an activating group) is 2. The van der Waals surface area contributed by atoms with Crippen LogP contribution in [0.15, 0.2) is 29.3 Å². The van der Waals surface area contributed by atoms with Crippen molar-refractivity contribution in [3.05, 3.63) is 30.1 Å². The SMILES string of the molecule is COCCNC(=NCC(=O)N(C)C)N(C)CCOc1ccc(F)cc1.I. The van der Waals surface area contributed by atoms with E-state index in [-0.39, 0.29) is 42.2 Å². The van der Waals surface area contributed by atoms with Crippen LogP contribution < -0.4 is 10.1 Å². The molecule has 1 rings (SSSR count). The highest BCUT2D eigenvalue weighted by atomic mass is 127. The summed E-state index contributed by atoms with van der Waals surface area (Å²) >= 11 is 0. The number of nitrogens with zero attached hydrogens (tertiary/aromatic N) is 3. The summed E-state index contributed by atoms with van der Waals surface area (Å²) in [7, 11) is 6.85. The van der Waals surface area contributed by atoms with Gasteiger partial charge in [-0.2, -0.15) is 0 Å². The zero-order valence-electron chi connectivity index (χ0n) is 15.7. The lowest BCUT2D eigenvalue weighted by molar-refractivity contribution is -0.127. The Morgan fingerprint density at radius 1 is 1.19 bits per heavy atom. The maximum Gasteiger partial charge on any atom is 0.243 e. The molecule has 9 heteroatoms. The molecule has 0 fully saturated rings. The smallest absolute Gasteiger partial charge is 0.243 e. The summed E-state index contributed by atoms with van der Waals surface area (Å²) in [4.78, 5) is 19.4. The molecule has 0 atom stereocenters. The number of methoxy groups -OCH3 is 1. The third-order valence-electron chi connectivity index (χ3n) is 3.32. The Balaban J connectivity index is 0.00000625. The lowest BCUT2D eigenvalue weighted by Gasteiger charge is -2.22. The average Bonchev–Trinajstić information content (AvgIpc) is 2.59. The molecule has 0 bridgehead atoms. The van der Waals surface area contributed by atoms with E-state index >= 15 is 0 Å². The highest BCUT2D eigenvalue weighted by molar-refractivity contribution is 14.0. The van der Waals surface area contributed by atoms with Crippen molar-refractivity contribution in [1.29, 1.82) is 0 Å². The van der Waals surface area contributed by atoms with Crippen LogP contribution >= 0.6 is 24.0 Å². The highest BCUT2D eigenvalue weighted by Crippen LogP contribution is 2.10. The monoisotopic (exact) mass is 482 g/mol. The second kappa shape index (κ2) is 13.6. The van der Waals surface area contributed by atoms with E-state index in [0.717, 1.165) is 0 Å². The summed E-state index contributed by atoms with van der Waals surface area (Å²) in [6, 6.07) is 5.87. The van der Waals surface area contributed by atoms with E-state index in [1.807, 2.05) is 11.9 Å². The van der Waals surface area contributed by atoms with Gasteiger partial charge in [0.05, 0.1) is 13.2 Å². The number of carbonyl (C=O) groups is 1. The highest BCUT2D eigenvalue weighted by Gasteiger charge is 2.09. The zero-order valence-corrected chi connectivity index (χ0v) is 18.0. The molecule has 1 aromatic carbocycles. The van der Waals surface area contributed by atoms with E-state index in [1.165, 1.54) is 17.0 Å². The third kappa shape index (κ3) is 9.76. The van der Waals surface area contributed by atoms with Crippen LogP contribution in [0.2, 0.25) is 0 Å². The molecule has 7 nitrogen and oxygen atoms in total. The van der Waals surface area contributed by atoms with Crippen LogP contribution in [0.5, 0.6) is 5.75 Å². The minimum absolute atomic E-state index is 0. The number of benzene rings is 1. The molecule has 26 heavy (non-hydrogen) atoms. The van der Waals surface area contributed by atoms with Gasteiger partial charge in [-0.25, -0.2) is 9.38 Å². The molecule has 0 radical (unpaired) electrons. The summed E-state index contributed by atoms with van der Waals surface area (Å²) in [6.45, 7) is 2.11. The molecule has 0 aliphatic carbocycles. The van der Waals surface area contributed by atoms with E-state index in [4.69, 9.17) is 9.47 Å². The molecule has 0 aromatic heterocycles. The van der Waals surface area contributed by atoms with Crippen molar-refractivity contribution in [3.8, 4) is 5.75 Å². The van der Waals surface area contributed by atoms with Crippen molar-refractivity contribution in [2.24, 2.45) is 4.99 Å². The topological polar surface area (TPSA) is 66.4 Å². The molecule has 0 unspecified atom stereocenters. The molecular formula is C17H28FIN4O3. The van der Waals surface area contributed by atoms with Gasteiger partial charge in [0.1, 0.15) is 24.7 Å². The van der Waals surface area contributed by atoms with Gasteiger partial charge in [0.15, 0.2) is 5.96 Å². The van der Waals surface area contributed by atoms with Gasteiger partial charge in [-0.1, -0.05) is 0 Å². The van der Waals surface area contributed by atoms with Gasteiger partial charge in [0.25, 0.3) is 0 Å². The Bertz CT molecular complexity index is 555. The molecular weight excluding hydrogens is 454 g/mol. The first-order valence-corrected chi connectivity index (χ1v) is 8.01. The van der Waals surface area contributed by atoms with Gasteiger partial charge in [-0.05, 0) is 24.3 Å². The van der Waals surface area contributed by atoms with Gasteiger partial charge in [-0.15, -0.1) is 24.0 Å². The molecule has 0 saturated carbocycles. The minimum Gasteiger partial charge on any atom is -0.492 e. The van der Waals surface area contributed by atoms with Crippen molar-refractivity contribution in [2.45, 2.75) is 0 Å².